The van der Waals surface area contributed by atoms with E-state index in [2.05, 4.69) is 23.3 Å². The second-order valence-electron chi connectivity index (χ2n) is 7.33. The zero-order valence-corrected chi connectivity index (χ0v) is 17.6. The topological polar surface area (TPSA) is 116 Å². The second-order valence-corrected chi connectivity index (χ2v) is 7.89. The minimum atomic E-state index is -1.18. The van der Waals surface area contributed by atoms with Crippen molar-refractivity contribution in [3.63, 3.8) is 0 Å². The monoisotopic (exact) mass is 410 g/mol. The number of aliphatic carboxylic acids is 1. The van der Waals surface area contributed by atoms with Crippen LogP contribution in [0.3, 0.4) is 0 Å². The van der Waals surface area contributed by atoms with Crippen LogP contribution in [-0.4, -0.2) is 45.3 Å². The Morgan fingerprint density at radius 1 is 1.04 bits per heavy atom. The number of rotatable bonds is 10. The van der Waals surface area contributed by atoms with E-state index in [1.807, 2.05) is 13.8 Å². The fourth-order valence-electron chi connectivity index (χ4n) is 2.58. The van der Waals surface area contributed by atoms with Gasteiger partial charge in [0.15, 0.2) is 0 Å². The normalized spacial score (nSPS) is 15.4. The number of carbonyl (C=O) groups excluding carboxylic acids is 2. The molecule has 0 spiro atoms. The summed E-state index contributed by atoms with van der Waals surface area (Å²) in [4.78, 5) is 36.7. The quantitative estimate of drug-likeness (QED) is 0.378. The van der Waals surface area contributed by atoms with Gasteiger partial charge in [-0.05, 0) is 29.5 Å². The molecule has 4 atom stereocenters. The van der Waals surface area contributed by atoms with Gasteiger partial charge in [0.1, 0.15) is 17.8 Å². The zero-order valence-electron chi connectivity index (χ0n) is 16.7. The molecule has 1 rings (SSSR count). The molecule has 1 unspecified atom stereocenters. The molecule has 0 aromatic heterocycles. The summed E-state index contributed by atoms with van der Waals surface area (Å²) < 4.78 is 0. The summed E-state index contributed by atoms with van der Waals surface area (Å²) in [5.74, 6) is -2.20. The van der Waals surface area contributed by atoms with Crippen LogP contribution in [0.25, 0.3) is 0 Å². The predicted octanol–water partition coefficient (Wildman–Crippen LogP) is 1.99. The maximum absolute atomic E-state index is 12.7. The smallest absolute Gasteiger partial charge is 0.326 e. The number of carbonyl (C=O) groups is 3. The number of amides is 2. The molecule has 4 N–H and O–H groups in total. The van der Waals surface area contributed by atoms with Crippen molar-refractivity contribution in [1.82, 2.24) is 10.6 Å². The summed E-state index contributed by atoms with van der Waals surface area (Å²) >= 11 is 4.33. The van der Waals surface area contributed by atoms with E-state index >= 15 is 0 Å². The standard InChI is InChI=1S/C20H30N2O5S/c1-5-12(4)17(28)19(25)22-16(11(2)3)18(24)21-15(20(26)27)10-13-6-8-14(23)9-7-13/h6-9,11-12,15-17,23,28H,5,10H2,1-4H3,(H,21,24)(H,22,25)(H,26,27)/t12?,15-,16-,17-/m0/s1. The van der Waals surface area contributed by atoms with Gasteiger partial charge in [-0.1, -0.05) is 46.2 Å². The molecule has 0 fully saturated rings. The lowest BCUT2D eigenvalue weighted by atomic mass is 9.99. The SMILES string of the molecule is CCC(C)[C@H](S)C(=O)N[C@H](C(=O)N[C@@H](Cc1ccc(O)cc1)C(=O)O)C(C)C. The summed E-state index contributed by atoms with van der Waals surface area (Å²) in [6, 6.07) is 4.07. The highest BCUT2D eigenvalue weighted by molar-refractivity contribution is 7.81. The fourth-order valence-corrected chi connectivity index (χ4v) is 2.87. The van der Waals surface area contributed by atoms with E-state index < -0.39 is 29.2 Å². The minimum Gasteiger partial charge on any atom is -0.508 e. The van der Waals surface area contributed by atoms with Crippen molar-refractivity contribution < 1.29 is 24.6 Å². The van der Waals surface area contributed by atoms with E-state index in [0.717, 1.165) is 6.42 Å². The van der Waals surface area contributed by atoms with Crippen LogP contribution >= 0.6 is 12.6 Å². The van der Waals surface area contributed by atoms with Crippen molar-refractivity contribution in [3.8, 4) is 5.75 Å². The molecule has 0 aliphatic carbocycles. The third-order valence-electron chi connectivity index (χ3n) is 4.69. The Hall–Kier alpha value is -2.22. The molecular formula is C20H30N2O5S. The van der Waals surface area contributed by atoms with Crippen LogP contribution in [0.4, 0.5) is 0 Å². The number of carboxylic acids is 1. The molecule has 156 valence electrons. The molecule has 0 saturated heterocycles. The Bertz CT molecular complexity index is 678. The van der Waals surface area contributed by atoms with Gasteiger partial charge in [0.05, 0.1) is 5.25 Å². The van der Waals surface area contributed by atoms with Gasteiger partial charge in [-0.2, -0.15) is 12.6 Å². The molecule has 0 saturated carbocycles. The molecule has 28 heavy (non-hydrogen) atoms. The summed E-state index contributed by atoms with van der Waals surface area (Å²) in [6.07, 6.45) is 0.829. The number of benzene rings is 1. The molecule has 0 radical (unpaired) electrons. The first-order valence-electron chi connectivity index (χ1n) is 9.36. The predicted molar refractivity (Wildman–Crippen MR) is 110 cm³/mol. The largest absolute Gasteiger partial charge is 0.508 e. The molecule has 8 heteroatoms. The highest BCUT2D eigenvalue weighted by atomic mass is 32.1. The van der Waals surface area contributed by atoms with Crippen LogP contribution in [0.1, 0.15) is 39.7 Å². The van der Waals surface area contributed by atoms with Crippen molar-refractivity contribution >= 4 is 30.4 Å². The Kier molecular flexibility index (Phi) is 9.31. The van der Waals surface area contributed by atoms with Crippen LogP contribution in [0.5, 0.6) is 5.75 Å². The molecule has 1 aromatic carbocycles. The maximum Gasteiger partial charge on any atom is 0.326 e. The van der Waals surface area contributed by atoms with Crippen molar-refractivity contribution in [1.29, 1.82) is 0 Å². The van der Waals surface area contributed by atoms with Gasteiger partial charge in [-0.3, -0.25) is 9.59 Å². The van der Waals surface area contributed by atoms with Crippen LogP contribution < -0.4 is 10.6 Å². The molecule has 1 aromatic rings. The second kappa shape index (κ2) is 10.9. The van der Waals surface area contributed by atoms with Crippen molar-refractivity contribution in [2.45, 2.75) is 57.9 Å². The van der Waals surface area contributed by atoms with Gasteiger partial charge in [-0.15, -0.1) is 0 Å². The van der Waals surface area contributed by atoms with E-state index in [9.17, 15) is 24.6 Å². The van der Waals surface area contributed by atoms with Crippen molar-refractivity contribution in [2.75, 3.05) is 0 Å². The van der Waals surface area contributed by atoms with Gasteiger partial charge in [-0.25, -0.2) is 4.79 Å². The Morgan fingerprint density at radius 3 is 2.07 bits per heavy atom. The van der Waals surface area contributed by atoms with E-state index in [1.165, 1.54) is 12.1 Å². The maximum atomic E-state index is 12.7. The average Bonchev–Trinajstić information content (AvgIpc) is 2.65. The highest BCUT2D eigenvalue weighted by Crippen LogP contribution is 2.15. The van der Waals surface area contributed by atoms with E-state index in [1.54, 1.807) is 26.0 Å². The van der Waals surface area contributed by atoms with Crippen LogP contribution in [0, 0.1) is 11.8 Å². The number of aromatic hydroxyl groups is 1. The minimum absolute atomic E-state index is 0.0421. The first-order valence-corrected chi connectivity index (χ1v) is 9.87. The molecule has 0 heterocycles. The Morgan fingerprint density at radius 2 is 1.61 bits per heavy atom. The van der Waals surface area contributed by atoms with Gasteiger partial charge in [0, 0.05) is 6.42 Å². The van der Waals surface area contributed by atoms with Crippen LogP contribution in [0.15, 0.2) is 24.3 Å². The Balaban J connectivity index is 2.85. The van der Waals surface area contributed by atoms with E-state index in [-0.39, 0.29) is 29.9 Å². The first-order chi connectivity index (χ1) is 13.1. The molecule has 7 nitrogen and oxygen atoms in total. The van der Waals surface area contributed by atoms with Gasteiger partial charge >= 0.3 is 5.97 Å². The van der Waals surface area contributed by atoms with E-state index in [4.69, 9.17) is 0 Å². The summed E-state index contributed by atoms with van der Waals surface area (Å²) in [7, 11) is 0. The Labute approximate surface area is 171 Å². The third kappa shape index (κ3) is 7.07. The molecule has 0 aliphatic rings. The molecule has 2 amide bonds. The van der Waals surface area contributed by atoms with Gasteiger partial charge < -0.3 is 20.8 Å². The fraction of sp³-hybridized carbons (Fsp3) is 0.550. The summed E-state index contributed by atoms with van der Waals surface area (Å²) in [6.45, 7) is 7.41. The number of carboxylic acid groups (broad SMARTS) is 1. The number of nitrogens with one attached hydrogen (secondary N) is 2. The van der Waals surface area contributed by atoms with Crippen molar-refractivity contribution in [3.05, 3.63) is 29.8 Å². The summed E-state index contributed by atoms with van der Waals surface area (Å²) in [5, 5.41) is 23.5. The van der Waals surface area contributed by atoms with Crippen molar-refractivity contribution in [2.24, 2.45) is 11.8 Å². The number of phenolic OH excluding ortho intramolecular Hbond substituents is 1. The molecule has 0 bridgehead atoms. The number of phenols is 1. The van der Waals surface area contributed by atoms with Gasteiger partial charge in [0.2, 0.25) is 11.8 Å². The van der Waals surface area contributed by atoms with E-state index in [0.29, 0.717) is 5.56 Å². The molecule has 0 aliphatic heterocycles. The van der Waals surface area contributed by atoms with Crippen LogP contribution in [-0.2, 0) is 20.8 Å². The lowest BCUT2D eigenvalue weighted by Crippen LogP contribution is -2.55. The van der Waals surface area contributed by atoms with Gasteiger partial charge in [0.25, 0.3) is 0 Å². The summed E-state index contributed by atoms with van der Waals surface area (Å²) in [5.41, 5.74) is 0.655. The zero-order chi connectivity index (χ0) is 21.4. The number of thiol groups is 1. The lowest BCUT2D eigenvalue weighted by Gasteiger charge is -2.26. The average molecular weight is 411 g/mol. The highest BCUT2D eigenvalue weighted by Gasteiger charge is 2.31. The lowest BCUT2D eigenvalue weighted by molar-refractivity contribution is -0.142. The number of hydrogen-bond acceptors (Lipinski definition) is 5. The third-order valence-corrected chi connectivity index (χ3v) is 5.43. The molecular weight excluding hydrogens is 380 g/mol. The number of hydrogen-bond donors (Lipinski definition) is 5. The first kappa shape index (κ1) is 23.8. The van der Waals surface area contributed by atoms with Crippen LogP contribution in [0.2, 0.25) is 0 Å².